The molecule has 36 heavy (non-hydrogen) atoms. The Bertz CT molecular complexity index is 1410. The lowest BCUT2D eigenvalue weighted by Gasteiger charge is -2.13. The van der Waals surface area contributed by atoms with E-state index < -0.39 is 0 Å². The van der Waals surface area contributed by atoms with Gasteiger partial charge in [-0.15, -0.1) is 0 Å². The fourth-order valence-corrected chi connectivity index (χ4v) is 4.82. The Morgan fingerprint density at radius 3 is 2.64 bits per heavy atom. The van der Waals surface area contributed by atoms with Crippen molar-refractivity contribution in [2.45, 2.75) is 27.4 Å². The maximum Gasteiger partial charge on any atom is 0.266 e. The number of rotatable bonds is 7. The van der Waals surface area contributed by atoms with Gasteiger partial charge in [-0.3, -0.25) is 9.69 Å². The third kappa shape index (κ3) is 5.45. The molecule has 7 heteroatoms. The van der Waals surface area contributed by atoms with Crippen molar-refractivity contribution >= 4 is 34.6 Å². The van der Waals surface area contributed by atoms with E-state index in [4.69, 9.17) is 14.5 Å². The number of aryl methyl sites for hydroxylation is 2. The molecule has 0 N–H and O–H groups in total. The number of nitriles is 1. The molecule has 6 nitrogen and oxygen atoms in total. The Morgan fingerprint density at radius 2 is 1.89 bits per heavy atom. The summed E-state index contributed by atoms with van der Waals surface area (Å²) in [6.45, 7) is 6.77. The lowest BCUT2D eigenvalue weighted by atomic mass is 10.1. The highest BCUT2D eigenvalue weighted by molar-refractivity contribution is 8.18. The predicted octanol–water partition coefficient (Wildman–Crippen LogP) is 6.39. The van der Waals surface area contributed by atoms with Crippen LogP contribution in [0.2, 0.25) is 0 Å². The summed E-state index contributed by atoms with van der Waals surface area (Å²) in [5, 5.41) is 9.97. The zero-order chi connectivity index (χ0) is 25.7. The zero-order valence-corrected chi connectivity index (χ0v) is 21.6. The SMILES string of the molecule is CCN1C(=O)/C(=C\c2ccc(OCc3ccccc3C#N)c(OC)c2)SC1=Nc1cc(C)ccc1C. The number of methoxy groups -OCH3 is 1. The quantitative estimate of drug-likeness (QED) is 0.354. The van der Waals surface area contributed by atoms with E-state index in [0.717, 1.165) is 27.9 Å². The van der Waals surface area contributed by atoms with Crippen LogP contribution in [0.1, 0.15) is 34.7 Å². The summed E-state index contributed by atoms with van der Waals surface area (Å²) >= 11 is 1.37. The lowest BCUT2D eigenvalue weighted by Crippen LogP contribution is -2.28. The molecule has 0 bridgehead atoms. The van der Waals surface area contributed by atoms with Crippen LogP contribution < -0.4 is 9.47 Å². The van der Waals surface area contributed by atoms with Crippen LogP contribution in [0.4, 0.5) is 5.69 Å². The van der Waals surface area contributed by atoms with E-state index in [1.807, 2.05) is 75.4 Å². The van der Waals surface area contributed by atoms with Crippen LogP contribution in [-0.4, -0.2) is 29.6 Å². The molecule has 0 spiro atoms. The lowest BCUT2D eigenvalue weighted by molar-refractivity contribution is -0.122. The third-order valence-electron chi connectivity index (χ3n) is 5.79. The van der Waals surface area contributed by atoms with Crippen molar-refractivity contribution in [2.75, 3.05) is 13.7 Å². The number of benzene rings is 3. The van der Waals surface area contributed by atoms with Gasteiger partial charge in [0.05, 0.1) is 29.3 Å². The van der Waals surface area contributed by atoms with Crippen molar-refractivity contribution in [3.63, 3.8) is 0 Å². The highest BCUT2D eigenvalue weighted by atomic mass is 32.2. The van der Waals surface area contributed by atoms with Gasteiger partial charge in [-0.05, 0) is 79.6 Å². The number of aliphatic imine (C=N–C) groups is 1. The number of ether oxygens (including phenoxy) is 2. The average Bonchev–Trinajstić information content (AvgIpc) is 3.18. The van der Waals surface area contributed by atoms with Gasteiger partial charge >= 0.3 is 0 Å². The second-order valence-electron chi connectivity index (χ2n) is 8.31. The molecule has 4 rings (SSSR count). The molecule has 1 heterocycles. The first-order valence-electron chi connectivity index (χ1n) is 11.6. The Kier molecular flexibility index (Phi) is 7.77. The van der Waals surface area contributed by atoms with Crippen LogP contribution in [-0.2, 0) is 11.4 Å². The smallest absolute Gasteiger partial charge is 0.266 e. The van der Waals surface area contributed by atoms with Crippen molar-refractivity contribution in [3.05, 3.63) is 93.4 Å². The predicted molar refractivity (Wildman–Crippen MR) is 144 cm³/mol. The Labute approximate surface area is 215 Å². The summed E-state index contributed by atoms with van der Waals surface area (Å²) in [4.78, 5) is 20.2. The van der Waals surface area contributed by atoms with Gasteiger partial charge in [0, 0.05) is 12.1 Å². The molecular weight excluding hydrogens is 470 g/mol. The van der Waals surface area contributed by atoms with Crippen molar-refractivity contribution < 1.29 is 14.3 Å². The highest BCUT2D eigenvalue weighted by Gasteiger charge is 2.32. The van der Waals surface area contributed by atoms with E-state index in [-0.39, 0.29) is 12.5 Å². The minimum atomic E-state index is -0.0704. The molecule has 182 valence electrons. The van der Waals surface area contributed by atoms with Crippen molar-refractivity contribution in [3.8, 4) is 17.6 Å². The number of nitrogens with zero attached hydrogens (tertiary/aromatic N) is 3. The van der Waals surface area contributed by atoms with Gasteiger partial charge in [0.25, 0.3) is 5.91 Å². The fourth-order valence-electron chi connectivity index (χ4n) is 3.77. The second-order valence-corrected chi connectivity index (χ2v) is 9.32. The van der Waals surface area contributed by atoms with Gasteiger partial charge in [-0.2, -0.15) is 5.26 Å². The monoisotopic (exact) mass is 497 g/mol. The summed E-state index contributed by atoms with van der Waals surface area (Å²) in [7, 11) is 1.57. The van der Waals surface area contributed by atoms with E-state index in [1.54, 1.807) is 18.1 Å². The number of amides is 1. The molecule has 0 aliphatic carbocycles. The highest BCUT2D eigenvalue weighted by Crippen LogP contribution is 2.36. The van der Waals surface area contributed by atoms with E-state index >= 15 is 0 Å². The molecule has 3 aromatic carbocycles. The molecule has 1 aliphatic rings. The van der Waals surface area contributed by atoms with Crippen LogP contribution in [0.25, 0.3) is 6.08 Å². The molecule has 0 atom stereocenters. The minimum Gasteiger partial charge on any atom is -0.493 e. The Hall–Kier alpha value is -4.02. The summed E-state index contributed by atoms with van der Waals surface area (Å²) in [6.07, 6.45) is 1.85. The molecule has 1 amide bonds. The van der Waals surface area contributed by atoms with Crippen LogP contribution in [0, 0.1) is 25.2 Å². The molecule has 0 saturated carbocycles. The third-order valence-corrected chi connectivity index (χ3v) is 6.80. The summed E-state index contributed by atoms with van der Waals surface area (Å²) in [5.74, 6) is 1.04. The molecule has 1 aliphatic heterocycles. The van der Waals surface area contributed by atoms with Gasteiger partial charge in [0.2, 0.25) is 0 Å². The number of amidine groups is 1. The van der Waals surface area contributed by atoms with E-state index in [0.29, 0.717) is 33.7 Å². The first kappa shape index (κ1) is 25.1. The molecule has 0 radical (unpaired) electrons. The van der Waals surface area contributed by atoms with E-state index in [9.17, 15) is 10.1 Å². The van der Waals surface area contributed by atoms with Gasteiger partial charge < -0.3 is 9.47 Å². The van der Waals surface area contributed by atoms with Crippen LogP contribution in [0.3, 0.4) is 0 Å². The van der Waals surface area contributed by atoms with Crippen molar-refractivity contribution in [1.29, 1.82) is 5.26 Å². The van der Waals surface area contributed by atoms with Crippen LogP contribution in [0.5, 0.6) is 11.5 Å². The topological polar surface area (TPSA) is 74.9 Å². The second kappa shape index (κ2) is 11.1. The normalized spacial score (nSPS) is 15.4. The van der Waals surface area contributed by atoms with E-state index in [2.05, 4.69) is 12.1 Å². The Balaban J connectivity index is 1.57. The van der Waals surface area contributed by atoms with E-state index in [1.165, 1.54) is 11.8 Å². The summed E-state index contributed by atoms with van der Waals surface area (Å²) in [5.41, 5.74) is 5.25. The molecule has 0 aromatic heterocycles. The number of thioether (sulfide) groups is 1. The number of carbonyl (C=O) groups is 1. The Morgan fingerprint density at radius 1 is 1.08 bits per heavy atom. The number of hydrogen-bond donors (Lipinski definition) is 0. The number of likely N-dealkylation sites (N-methyl/N-ethyl adjacent to an activating group) is 1. The van der Waals surface area contributed by atoms with Crippen LogP contribution in [0.15, 0.2) is 70.6 Å². The van der Waals surface area contributed by atoms with Crippen molar-refractivity contribution in [1.82, 2.24) is 4.90 Å². The zero-order valence-electron chi connectivity index (χ0n) is 20.7. The molecule has 0 unspecified atom stereocenters. The minimum absolute atomic E-state index is 0.0704. The molecule has 1 fully saturated rings. The standard InChI is InChI=1S/C29H27N3O3S/c1-5-32-28(33)27(36-29(32)31-24-14-19(2)10-11-20(24)3)16-21-12-13-25(26(15-21)34-4)35-18-23-9-7-6-8-22(23)17-30/h6-16H,5,18H2,1-4H3/b27-16+,31-29?. The summed E-state index contributed by atoms with van der Waals surface area (Å²) < 4.78 is 11.5. The largest absolute Gasteiger partial charge is 0.493 e. The number of hydrogen-bond acceptors (Lipinski definition) is 6. The molecule has 1 saturated heterocycles. The van der Waals surface area contributed by atoms with Gasteiger partial charge in [0.1, 0.15) is 6.61 Å². The average molecular weight is 498 g/mol. The summed E-state index contributed by atoms with van der Waals surface area (Å²) in [6, 6.07) is 21.2. The van der Waals surface area contributed by atoms with Gasteiger partial charge in [0.15, 0.2) is 16.7 Å². The van der Waals surface area contributed by atoms with Crippen LogP contribution >= 0.6 is 11.8 Å². The maximum atomic E-state index is 13.1. The van der Waals surface area contributed by atoms with Gasteiger partial charge in [-0.25, -0.2) is 4.99 Å². The van der Waals surface area contributed by atoms with Crippen molar-refractivity contribution in [2.24, 2.45) is 4.99 Å². The first-order chi connectivity index (χ1) is 17.4. The van der Waals surface area contributed by atoms with Gasteiger partial charge in [-0.1, -0.05) is 36.4 Å². The molecular formula is C29H27N3O3S. The maximum absolute atomic E-state index is 13.1. The fraction of sp³-hybridized carbons (Fsp3) is 0.207. The first-order valence-corrected chi connectivity index (χ1v) is 12.4. The molecule has 3 aromatic rings. The number of carbonyl (C=O) groups excluding carboxylic acids is 1.